The van der Waals surface area contributed by atoms with Crippen LogP contribution in [0.15, 0.2) is 0 Å². The van der Waals surface area contributed by atoms with Gasteiger partial charge < -0.3 is 10.2 Å². The van der Waals surface area contributed by atoms with Gasteiger partial charge in [0.1, 0.15) is 0 Å². The van der Waals surface area contributed by atoms with E-state index < -0.39 is 0 Å². The lowest BCUT2D eigenvalue weighted by Crippen LogP contribution is -2.40. The average Bonchev–Trinajstić information content (AvgIpc) is 2.93. The maximum absolute atomic E-state index is 3.47. The number of likely N-dealkylation sites (tertiary alicyclic amines) is 1. The van der Waals surface area contributed by atoms with Crippen LogP contribution in [-0.2, 0) is 0 Å². The minimum Gasteiger partial charge on any atom is -0.316 e. The van der Waals surface area contributed by atoms with Crippen molar-refractivity contribution < 1.29 is 0 Å². The molecule has 2 aliphatic rings. The van der Waals surface area contributed by atoms with E-state index in [1.165, 1.54) is 77.7 Å². The lowest BCUT2D eigenvalue weighted by atomic mass is 9.74. The summed E-state index contributed by atoms with van der Waals surface area (Å²) < 4.78 is 0. The SMILES string of the molecule is CCC1(CC)CCN(CCCC2CCNC2)CC1. The van der Waals surface area contributed by atoms with Crippen molar-refractivity contribution >= 4 is 0 Å². The highest BCUT2D eigenvalue weighted by Crippen LogP contribution is 2.37. The summed E-state index contributed by atoms with van der Waals surface area (Å²) in [7, 11) is 0. The quantitative estimate of drug-likeness (QED) is 0.780. The van der Waals surface area contributed by atoms with Crippen LogP contribution in [0, 0.1) is 11.3 Å². The first-order valence-corrected chi connectivity index (χ1v) is 8.21. The molecule has 2 heterocycles. The summed E-state index contributed by atoms with van der Waals surface area (Å²) in [5, 5.41) is 3.47. The summed E-state index contributed by atoms with van der Waals surface area (Å²) >= 11 is 0. The average molecular weight is 252 g/mol. The molecule has 2 nitrogen and oxygen atoms in total. The van der Waals surface area contributed by atoms with Crippen LogP contribution in [0.2, 0.25) is 0 Å². The Hall–Kier alpha value is -0.0800. The zero-order valence-electron chi connectivity index (χ0n) is 12.5. The number of nitrogens with one attached hydrogen (secondary N) is 1. The first-order chi connectivity index (χ1) is 8.78. The van der Waals surface area contributed by atoms with E-state index in [0.29, 0.717) is 5.41 Å². The van der Waals surface area contributed by atoms with Gasteiger partial charge in [0.15, 0.2) is 0 Å². The van der Waals surface area contributed by atoms with Gasteiger partial charge in [-0.1, -0.05) is 26.7 Å². The Morgan fingerprint density at radius 2 is 1.89 bits per heavy atom. The van der Waals surface area contributed by atoms with E-state index in [2.05, 4.69) is 24.1 Å². The van der Waals surface area contributed by atoms with Crippen LogP contribution >= 0.6 is 0 Å². The van der Waals surface area contributed by atoms with Crippen LogP contribution < -0.4 is 5.32 Å². The highest BCUT2D eigenvalue weighted by molar-refractivity contribution is 4.84. The van der Waals surface area contributed by atoms with Crippen molar-refractivity contribution in [3.8, 4) is 0 Å². The van der Waals surface area contributed by atoms with Crippen LogP contribution in [-0.4, -0.2) is 37.6 Å². The predicted molar refractivity (Wildman–Crippen MR) is 78.9 cm³/mol. The van der Waals surface area contributed by atoms with Crippen LogP contribution in [0.4, 0.5) is 0 Å². The first kappa shape index (κ1) is 14.3. The van der Waals surface area contributed by atoms with Crippen LogP contribution in [0.1, 0.15) is 58.8 Å². The van der Waals surface area contributed by atoms with Gasteiger partial charge >= 0.3 is 0 Å². The molecule has 0 amide bonds. The Bertz CT molecular complexity index is 219. The lowest BCUT2D eigenvalue weighted by Gasteiger charge is -2.41. The molecular weight excluding hydrogens is 220 g/mol. The van der Waals surface area contributed by atoms with E-state index in [9.17, 15) is 0 Å². The number of piperidine rings is 1. The Morgan fingerprint density at radius 1 is 1.17 bits per heavy atom. The Labute approximate surface area is 114 Å². The van der Waals surface area contributed by atoms with Crippen molar-refractivity contribution in [3.05, 3.63) is 0 Å². The molecule has 2 rings (SSSR count). The van der Waals surface area contributed by atoms with E-state index in [1.807, 2.05) is 0 Å². The van der Waals surface area contributed by atoms with E-state index in [-0.39, 0.29) is 0 Å². The van der Waals surface area contributed by atoms with Crippen molar-refractivity contribution in [2.75, 3.05) is 32.7 Å². The number of nitrogens with zero attached hydrogens (tertiary/aromatic N) is 1. The molecule has 0 aromatic rings. The van der Waals surface area contributed by atoms with Crippen molar-refractivity contribution in [1.82, 2.24) is 10.2 Å². The van der Waals surface area contributed by atoms with Crippen molar-refractivity contribution in [1.29, 1.82) is 0 Å². The number of rotatable bonds is 6. The predicted octanol–water partition coefficient (Wildman–Crippen LogP) is 3.28. The van der Waals surface area contributed by atoms with Gasteiger partial charge in [-0.05, 0) is 76.2 Å². The molecule has 0 aromatic carbocycles. The standard InChI is InChI=1S/C16H32N2/c1-3-16(4-2)8-12-18(13-9-16)11-5-6-15-7-10-17-14-15/h15,17H,3-14H2,1-2H3. The minimum absolute atomic E-state index is 0.686. The minimum atomic E-state index is 0.686. The van der Waals surface area contributed by atoms with Gasteiger partial charge in [-0.25, -0.2) is 0 Å². The summed E-state index contributed by atoms with van der Waals surface area (Å²) in [6.45, 7) is 11.3. The van der Waals surface area contributed by atoms with Crippen molar-refractivity contribution in [2.24, 2.45) is 11.3 Å². The molecule has 0 radical (unpaired) electrons. The van der Waals surface area contributed by atoms with Crippen LogP contribution in [0.5, 0.6) is 0 Å². The van der Waals surface area contributed by atoms with Gasteiger partial charge in [0.2, 0.25) is 0 Å². The Balaban J connectivity index is 1.61. The molecule has 2 aliphatic heterocycles. The summed E-state index contributed by atoms with van der Waals surface area (Å²) in [6.07, 6.45) is 9.90. The first-order valence-electron chi connectivity index (χ1n) is 8.21. The van der Waals surface area contributed by atoms with Crippen LogP contribution in [0.25, 0.3) is 0 Å². The summed E-state index contributed by atoms with van der Waals surface area (Å²) in [5.41, 5.74) is 0.686. The lowest BCUT2D eigenvalue weighted by molar-refractivity contribution is 0.0935. The maximum Gasteiger partial charge on any atom is -0.00134 e. The topological polar surface area (TPSA) is 15.3 Å². The summed E-state index contributed by atoms with van der Waals surface area (Å²) in [5.74, 6) is 0.972. The molecule has 0 aliphatic carbocycles. The zero-order chi connectivity index (χ0) is 12.8. The molecule has 0 aromatic heterocycles. The Morgan fingerprint density at radius 3 is 2.44 bits per heavy atom. The van der Waals surface area contributed by atoms with E-state index >= 15 is 0 Å². The molecule has 1 N–H and O–H groups in total. The molecule has 1 atom stereocenters. The molecule has 2 saturated heterocycles. The van der Waals surface area contributed by atoms with E-state index in [1.54, 1.807) is 0 Å². The second kappa shape index (κ2) is 6.91. The maximum atomic E-state index is 3.47. The number of hydrogen-bond donors (Lipinski definition) is 1. The molecule has 2 heteroatoms. The van der Waals surface area contributed by atoms with Gasteiger partial charge in [-0.3, -0.25) is 0 Å². The third-order valence-corrected chi connectivity index (χ3v) is 5.67. The molecule has 0 bridgehead atoms. The van der Waals surface area contributed by atoms with Gasteiger partial charge in [0.25, 0.3) is 0 Å². The zero-order valence-corrected chi connectivity index (χ0v) is 12.5. The fourth-order valence-corrected chi connectivity index (χ4v) is 3.77. The summed E-state index contributed by atoms with van der Waals surface area (Å²) in [6, 6.07) is 0. The van der Waals surface area contributed by atoms with E-state index in [0.717, 1.165) is 5.92 Å². The molecule has 18 heavy (non-hydrogen) atoms. The highest BCUT2D eigenvalue weighted by atomic mass is 15.1. The van der Waals surface area contributed by atoms with Crippen molar-refractivity contribution in [2.45, 2.75) is 58.8 Å². The monoisotopic (exact) mass is 252 g/mol. The van der Waals surface area contributed by atoms with Gasteiger partial charge in [0.05, 0.1) is 0 Å². The summed E-state index contributed by atoms with van der Waals surface area (Å²) in [4.78, 5) is 2.71. The fourth-order valence-electron chi connectivity index (χ4n) is 3.77. The second-order valence-corrected chi connectivity index (χ2v) is 6.55. The van der Waals surface area contributed by atoms with Crippen molar-refractivity contribution in [3.63, 3.8) is 0 Å². The normalized spacial score (nSPS) is 28.7. The highest BCUT2D eigenvalue weighted by Gasteiger charge is 2.30. The molecule has 0 saturated carbocycles. The van der Waals surface area contributed by atoms with Gasteiger partial charge in [0, 0.05) is 0 Å². The molecule has 106 valence electrons. The molecule has 0 spiro atoms. The smallest absolute Gasteiger partial charge is 0.00134 e. The molecular formula is C16H32N2. The van der Waals surface area contributed by atoms with Gasteiger partial charge in [-0.15, -0.1) is 0 Å². The molecule has 1 unspecified atom stereocenters. The van der Waals surface area contributed by atoms with Gasteiger partial charge in [-0.2, -0.15) is 0 Å². The van der Waals surface area contributed by atoms with E-state index in [4.69, 9.17) is 0 Å². The Kier molecular flexibility index (Phi) is 5.50. The largest absolute Gasteiger partial charge is 0.316 e. The third kappa shape index (κ3) is 3.71. The number of hydrogen-bond acceptors (Lipinski definition) is 2. The third-order valence-electron chi connectivity index (χ3n) is 5.67. The molecule has 2 fully saturated rings. The van der Waals surface area contributed by atoms with Crippen LogP contribution in [0.3, 0.4) is 0 Å². The second-order valence-electron chi connectivity index (χ2n) is 6.55. The fraction of sp³-hybridized carbons (Fsp3) is 1.00.